The van der Waals surface area contributed by atoms with Crippen LogP contribution in [0.5, 0.6) is 0 Å². The van der Waals surface area contributed by atoms with E-state index < -0.39 is 0 Å². The molecule has 5 N–H and O–H groups in total. The van der Waals surface area contributed by atoms with Gasteiger partial charge >= 0.3 is 6.47 Å². The van der Waals surface area contributed by atoms with Crippen molar-refractivity contribution in [3.8, 4) is 0 Å². The third kappa shape index (κ3) is 407. The third-order valence-corrected chi connectivity index (χ3v) is 0.167. The van der Waals surface area contributed by atoms with E-state index in [1.54, 1.807) is 0 Å². The lowest BCUT2D eigenvalue weighted by atomic mass is 10.7. The Morgan fingerprint density at radius 1 is 1.43 bits per heavy atom. The van der Waals surface area contributed by atoms with E-state index in [0.717, 1.165) is 0 Å². The molecule has 0 aliphatic heterocycles. The largest absolute Gasteiger partial charge is 0.473 e. The van der Waals surface area contributed by atoms with Crippen LogP contribution in [0.3, 0.4) is 0 Å². The van der Waals surface area contributed by atoms with Crippen molar-refractivity contribution in [1.29, 1.82) is 0 Å². The molecule has 7 heavy (non-hydrogen) atoms. The fourth-order valence-electron chi connectivity index (χ4n) is 0. The normalized spacial score (nSPS) is 6.00. The summed E-state index contributed by atoms with van der Waals surface area (Å²) in [5.74, 6) is 0. The molecular formula is C3H9N2O2. The van der Waals surface area contributed by atoms with Crippen LogP contribution in [0.15, 0.2) is 0 Å². The van der Waals surface area contributed by atoms with Crippen molar-refractivity contribution in [3.05, 3.63) is 0 Å². The monoisotopic (exact) mass is 105 g/mol. The highest BCUT2D eigenvalue weighted by Gasteiger charge is 1.54. The zero-order valence-electron chi connectivity index (χ0n) is 3.92. The second kappa shape index (κ2) is 18.2. The molecule has 1 radical (unpaired) electrons. The summed E-state index contributed by atoms with van der Waals surface area (Å²) in [5, 5.41) is 6.76. The Balaban J connectivity index is 0. The smallest absolute Gasteiger partial charge is 0.414 e. The van der Waals surface area contributed by atoms with Gasteiger partial charge < -0.3 is 16.6 Å². The molecule has 4 nitrogen and oxygen atoms in total. The Morgan fingerprint density at radius 2 is 1.57 bits per heavy atom. The summed E-state index contributed by atoms with van der Waals surface area (Å²) in [7, 11) is 0. The lowest BCUT2D eigenvalue weighted by molar-refractivity contribution is 0.437. The average molecular weight is 105 g/mol. The standard InChI is InChI=1S/C2H8N2.CHO2/c3-1-2-4;2-1-3/h1-4H2;(H,2,3). The topological polar surface area (TPSA) is 89.3 Å². The summed E-state index contributed by atoms with van der Waals surface area (Å²) in [6.07, 6.45) is 0. The third-order valence-electron chi connectivity index (χ3n) is 0.167. The van der Waals surface area contributed by atoms with Crippen LogP contribution in [0.1, 0.15) is 0 Å². The Labute approximate surface area is 42.1 Å². The predicted molar refractivity (Wildman–Crippen MR) is 26.4 cm³/mol. The van der Waals surface area contributed by atoms with Crippen LogP contribution in [0.25, 0.3) is 0 Å². The number of nitrogens with two attached hydrogens (primary N) is 2. The van der Waals surface area contributed by atoms with E-state index in [1.807, 2.05) is 0 Å². The van der Waals surface area contributed by atoms with Gasteiger partial charge in [-0.1, -0.05) is 0 Å². The van der Waals surface area contributed by atoms with Crippen molar-refractivity contribution < 1.29 is 9.90 Å². The summed E-state index contributed by atoms with van der Waals surface area (Å²) in [6.45, 7) is 1.69. The van der Waals surface area contributed by atoms with Gasteiger partial charge in [0.05, 0.1) is 0 Å². The van der Waals surface area contributed by atoms with Gasteiger partial charge in [0.25, 0.3) is 0 Å². The number of aliphatic hydroxyl groups excluding tert-OH is 1. The van der Waals surface area contributed by atoms with Crippen molar-refractivity contribution >= 4 is 6.47 Å². The van der Waals surface area contributed by atoms with Gasteiger partial charge in [0.2, 0.25) is 0 Å². The minimum Gasteiger partial charge on any atom is -0.473 e. The minimum atomic E-state index is 0.500. The molecule has 0 unspecified atom stereocenters. The minimum absolute atomic E-state index is 0.500. The maximum Gasteiger partial charge on any atom is 0.414 e. The Kier molecular flexibility index (Phi) is 25.0. The van der Waals surface area contributed by atoms with Gasteiger partial charge in [-0.3, -0.25) is 0 Å². The van der Waals surface area contributed by atoms with Crippen LogP contribution in [-0.4, -0.2) is 24.7 Å². The quantitative estimate of drug-likeness (QED) is 0.379. The first-order chi connectivity index (χ1) is 3.33. The van der Waals surface area contributed by atoms with E-state index in [2.05, 4.69) is 0 Å². The Hall–Kier alpha value is -0.610. The van der Waals surface area contributed by atoms with Crippen molar-refractivity contribution in [2.24, 2.45) is 11.5 Å². The molecular weight excluding hydrogens is 96.0 g/mol. The molecule has 0 aromatic rings. The molecule has 0 fully saturated rings. The molecule has 0 rings (SSSR count). The Morgan fingerprint density at radius 3 is 1.57 bits per heavy atom. The summed E-state index contributed by atoms with van der Waals surface area (Å²) in [4.78, 5) is 8.24. The highest BCUT2D eigenvalue weighted by molar-refractivity contribution is 5.34. The lowest BCUT2D eigenvalue weighted by Crippen LogP contribution is -2.11. The molecule has 0 aromatic heterocycles. The molecule has 0 aliphatic rings. The van der Waals surface area contributed by atoms with Gasteiger partial charge in [-0.05, 0) is 0 Å². The van der Waals surface area contributed by atoms with Gasteiger partial charge in [-0.2, -0.15) is 0 Å². The number of rotatable bonds is 1. The summed E-state index contributed by atoms with van der Waals surface area (Å²) in [6, 6.07) is 0. The summed E-state index contributed by atoms with van der Waals surface area (Å²) >= 11 is 0. The van der Waals surface area contributed by atoms with E-state index in [0.29, 0.717) is 19.6 Å². The Bertz CT molecular complexity index is 30.1. The second-order valence-corrected chi connectivity index (χ2v) is 0.669. The second-order valence-electron chi connectivity index (χ2n) is 0.669. The summed E-state index contributed by atoms with van der Waals surface area (Å²) < 4.78 is 0. The fraction of sp³-hybridized carbons (Fsp3) is 0.667. The molecule has 0 bridgehead atoms. The molecule has 0 spiro atoms. The van der Waals surface area contributed by atoms with Crippen molar-refractivity contribution in [3.63, 3.8) is 0 Å². The molecule has 0 heterocycles. The highest BCUT2D eigenvalue weighted by Crippen LogP contribution is 1.24. The molecule has 0 aromatic carbocycles. The van der Waals surface area contributed by atoms with Crippen molar-refractivity contribution in [2.75, 3.05) is 13.1 Å². The van der Waals surface area contributed by atoms with Crippen LogP contribution in [0, 0.1) is 0 Å². The van der Waals surface area contributed by atoms with E-state index in [9.17, 15) is 0 Å². The molecule has 0 atom stereocenters. The van der Waals surface area contributed by atoms with Crippen LogP contribution < -0.4 is 11.5 Å². The van der Waals surface area contributed by atoms with Gasteiger partial charge in [0, 0.05) is 13.1 Å². The lowest BCUT2D eigenvalue weighted by Gasteiger charge is -1.72. The maximum absolute atomic E-state index is 8.24. The average Bonchev–Trinajstić information content (AvgIpc) is 1.69. The molecule has 0 aliphatic carbocycles. The first-order valence-electron chi connectivity index (χ1n) is 1.74. The first kappa shape index (κ1) is 9.63. The van der Waals surface area contributed by atoms with Crippen LogP contribution in [0.2, 0.25) is 0 Å². The highest BCUT2D eigenvalue weighted by atomic mass is 16.3. The van der Waals surface area contributed by atoms with Crippen LogP contribution >= 0.6 is 0 Å². The summed E-state index contributed by atoms with van der Waals surface area (Å²) in [5.41, 5.74) is 9.81. The number of hydrogen-bond donors (Lipinski definition) is 3. The van der Waals surface area contributed by atoms with Crippen molar-refractivity contribution in [2.45, 2.75) is 0 Å². The van der Waals surface area contributed by atoms with Gasteiger partial charge in [0.15, 0.2) is 0 Å². The van der Waals surface area contributed by atoms with Crippen LogP contribution in [0.4, 0.5) is 0 Å². The molecule has 0 amide bonds. The van der Waals surface area contributed by atoms with Gasteiger partial charge in [-0.25, -0.2) is 4.79 Å². The predicted octanol–water partition coefficient (Wildman–Crippen LogP) is -1.48. The first-order valence-corrected chi connectivity index (χ1v) is 1.74. The fourth-order valence-corrected chi connectivity index (χ4v) is 0. The maximum atomic E-state index is 8.24. The molecule has 0 saturated carbocycles. The number of hydrogen-bond acceptors (Lipinski definition) is 3. The SMILES string of the molecule is NCCN.O=[C]O. The zero-order valence-corrected chi connectivity index (χ0v) is 3.92. The van der Waals surface area contributed by atoms with Gasteiger partial charge in [-0.15, -0.1) is 0 Å². The van der Waals surface area contributed by atoms with E-state index >= 15 is 0 Å². The molecule has 0 saturated heterocycles. The zero-order chi connectivity index (χ0) is 6.12. The van der Waals surface area contributed by atoms with E-state index in [1.165, 1.54) is 0 Å². The molecule has 43 valence electrons. The van der Waals surface area contributed by atoms with Crippen LogP contribution in [-0.2, 0) is 4.79 Å². The van der Waals surface area contributed by atoms with Gasteiger partial charge in [0.1, 0.15) is 0 Å². The van der Waals surface area contributed by atoms with E-state index in [4.69, 9.17) is 21.4 Å². The van der Waals surface area contributed by atoms with Crippen molar-refractivity contribution in [1.82, 2.24) is 0 Å². The van der Waals surface area contributed by atoms with E-state index in [-0.39, 0.29) is 0 Å². The molecule has 4 heteroatoms.